The molecule has 2 rings (SSSR count). The molecule has 0 heterocycles. The lowest BCUT2D eigenvalue weighted by Crippen LogP contribution is -2.25. The molecule has 5 nitrogen and oxygen atoms in total. The Hall–Kier alpha value is -2.74. The van der Waals surface area contributed by atoms with Gasteiger partial charge in [-0.2, -0.15) is 13.2 Å². The Morgan fingerprint density at radius 2 is 1.82 bits per heavy atom. The van der Waals surface area contributed by atoms with Crippen LogP contribution in [0.15, 0.2) is 42.5 Å². The third-order valence-corrected chi connectivity index (χ3v) is 3.86. The molecule has 0 aliphatic rings. The fourth-order valence-electron chi connectivity index (χ4n) is 2.31. The molecule has 0 atom stereocenters. The summed E-state index contributed by atoms with van der Waals surface area (Å²) >= 11 is 5.57. The molecular formula is C19H17ClF3NO4. The summed E-state index contributed by atoms with van der Waals surface area (Å²) in [6.45, 7) is 0.743. The molecule has 2 aromatic rings. The zero-order valence-corrected chi connectivity index (χ0v) is 15.6. The van der Waals surface area contributed by atoms with Crippen molar-refractivity contribution < 1.29 is 32.2 Å². The van der Waals surface area contributed by atoms with Crippen molar-refractivity contribution in [1.29, 1.82) is 0 Å². The number of aryl methyl sites for hydroxylation is 1. The summed E-state index contributed by atoms with van der Waals surface area (Å²) < 4.78 is 49.1. The highest BCUT2D eigenvalue weighted by Gasteiger charge is 2.34. The van der Waals surface area contributed by atoms with Gasteiger partial charge in [-0.3, -0.25) is 4.79 Å². The first-order chi connectivity index (χ1) is 13.2. The molecule has 0 saturated heterocycles. The lowest BCUT2D eigenvalue weighted by Gasteiger charge is -2.14. The van der Waals surface area contributed by atoms with E-state index in [0.29, 0.717) is 18.2 Å². The molecule has 0 spiro atoms. The van der Waals surface area contributed by atoms with Gasteiger partial charge in [0.25, 0.3) is 5.91 Å². The molecule has 0 aliphatic heterocycles. The number of alkyl halides is 3. The number of carbonyl (C=O) groups is 2. The van der Waals surface area contributed by atoms with Crippen LogP contribution in [-0.2, 0) is 26.9 Å². The van der Waals surface area contributed by atoms with Crippen molar-refractivity contribution in [3.63, 3.8) is 0 Å². The van der Waals surface area contributed by atoms with Crippen LogP contribution in [0.4, 0.5) is 18.9 Å². The molecular weight excluding hydrogens is 399 g/mol. The zero-order chi connectivity index (χ0) is 20.7. The van der Waals surface area contributed by atoms with Gasteiger partial charge in [0.15, 0.2) is 13.2 Å². The molecule has 1 amide bonds. The number of hydrogen-bond donors (Lipinski definition) is 1. The van der Waals surface area contributed by atoms with Crippen molar-refractivity contribution in [2.45, 2.75) is 19.5 Å². The Labute approximate surface area is 164 Å². The average molecular weight is 416 g/mol. The summed E-state index contributed by atoms with van der Waals surface area (Å²) in [5.41, 5.74) is -0.680. The number of amides is 1. The van der Waals surface area contributed by atoms with Crippen LogP contribution in [0.3, 0.4) is 0 Å². The summed E-state index contributed by atoms with van der Waals surface area (Å²) in [7, 11) is 0. The lowest BCUT2D eigenvalue weighted by molar-refractivity contribution is -0.149. The van der Waals surface area contributed by atoms with E-state index >= 15 is 0 Å². The van der Waals surface area contributed by atoms with Crippen molar-refractivity contribution in [3.8, 4) is 5.75 Å². The molecule has 0 unspecified atom stereocenters. The highest BCUT2D eigenvalue weighted by Crippen LogP contribution is 2.36. The molecule has 0 saturated carbocycles. The van der Waals surface area contributed by atoms with Crippen molar-refractivity contribution >= 4 is 29.2 Å². The molecule has 0 aliphatic carbocycles. The molecule has 9 heteroatoms. The summed E-state index contributed by atoms with van der Waals surface area (Å²) in [4.78, 5) is 23.5. The smallest absolute Gasteiger partial charge is 0.418 e. The predicted octanol–water partition coefficient (Wildman–Crippen LogP) is 4.48. The van der Waals surface area contributed by atoms with E-state index in [9.17, 15) is 22.8 Å². The molecule has 0 radical (unpaired) electrons. The SMILES string of the molecule is CCc1ccccc1OCC(=O)OCC(=O)Nc1ccc(Cl)cc1C(F)(F)F. The Balaban J connectivity index is 1.88. The van der Waals surface area contributed by atoms with E-state index in [1.54, 1.807) is 12.1 Å². The number of rotatable bonds is 7. The fourth-order valence-corrected chi connectivity index (χ4v) is 2.48. The van der Waals surface area contributed by atoms with Crippen LogP contribution in [0.1, 0.15) is 18.1 Å². The van der Waals surface area contributed by atoms with E-state index in [4.69, 9.17) is 21.1 Å². The third kappa shape index (κ3) is 6.16. The maximum absolute atomic E-state index is 13.0. The van der Waals surface area contributed by atoms with Crippen LogP contribution in [0.5, 0.6) is 5.75 Å². The number of carbonyl (C=O) groups excluding carboxylic acids is 2. The van der Waals surface area contributed by atoms with Crippen LogP contribution in [0.2, 0.25) is 5.02 Å². The van der Waals surface area contributed by atoms with E-state index in [1.807, 2.05) is 19.1 Å². The van der Waals surface area contributed by atoms with Gasteiger partial charge in [0.05, 0.1) is 11.3 Å². The first kappa shape index (κ1) is 21.6. The summed E-state index contributed by atoms with van der Waals surface area (Å²) in [6, 6.07) is 10.0. The predicted molar refractivity (Wildman–Crippen MR) is 97.4 cm³/mol. The third-order valence-electron chi connectivity index (χ3n) is 3.62. The van der Waals surface area contributed by atoms with E-state index in [0.717, 1.165) is 11.6 Å². The quantitative estimate of drug-likeness (QED) is 0.677. The molecule has 1 N–H and O–H groups in total. The van der Waals surface area contributed by atoms with Gasteiger partial charge >= 0.3 is 12.1 Å². The van der Waals surface area contributed by atoms with Crippen LogP contribution in [0, 0.1) is 0 Å². The molecule has 0 bridgehead atoms. The van der Waals surface area contributed by atoms with Crippen LogP contribution in [-0.4, -0.2) is 25.1 Å². The second-order valence-electron chi connectivity index (χ2n) is 5.65. The number of anilines is 1. The number of para-hydroxylation sites is 1. The minimum absolute atomic E-state index is 0.124. The van der Waals surface area contributed by atoms with Gasteiger partial charge in [0.2, 0.25) is 0 Å². The first-order valence-electron chi connectivity index (χ1n) is 8.23. The Morgan fingerprint density at radius 1 is 1.11 bits per heavy atom. The van der Waals surface area contributed by atoms with Gasteiger partial charge < -0.3 is 14.8 Å². The highest BCUT2D eigenvalue weighted by atomic mass is 35.5. The number of nitrogens with one attached hydrogen (secondary N) is 1. The van der Waals surface area contributed by atoms with Crippen molar-refractivity contribution in [2.75, 3.05) is 18.5 Å². The van der Waals surface area contributed by atoms with E-state index in [-0.39, 0.29) is 5.02 Å². The number of esters is 1. The average Bonchev–Trinajstić information content (AvgIpc) is 2.65. The monoisotopic (exact) mass is 415 g/mol. The Morgan fingerprint density at radius 3 is 2.50 bits per heavy atom. The first-order valence-corrected chi connectivity index (χ1v) is 8.61. The summed E-state index contributed by atoms with van der Waals surface area (Å²) in [5, 5.41) is 1.93. The van der Waals surface area contributed by atoms with Gasteiger partial charge in [-0.25, -0.2) is 4.79 Å². The van der Waals surface area contributed by atoms with Gasteiger partial charge in [-0.15, -0.1) is 0 Å². The maximum atomic E-state index is 13.0. The highest BCUT2D eigenvalue weighted by molar-refractivity contribution is 6.30. The summed E-state index contributed by atoms with van der Waals surface area (Å²) in [5.74, 6) is -1.23. The number of ether oxygens (including phenoxy) is 2. The number of hydrogen-bond acceptors (Lipinski definition) is 4. The molecule has 150 valence electrons. The zero-order valence-electron chi connectivity index (χ0n) is 14.8. The maximum Gasteiger partial charge on any atom is 0.418 e. The summed E-state index contributed by atoms with van der Waals surface area (Å²) in [6.07, 6.45) is -4.00. The molecule has 0 aromatic heterocycles. The van der Waals surface area contributed by atoms with Gasteiger partial charge in [-0.1, -0.05) is 36.7 Å². The number of halogens is 4. The van der Waals surface area contributed by atoms with Crippen LogP contribution in [0.25, 0.3) is 0 Å². The Kier molecular flexibility index (Phi) is 7.28. The van der Waals surface area contributed by atoms with Crippen molar-refractivity contribution in [3.05, 3.63) is 58.6 Å². The Bertz CT molecular complexity index is 855. The van der Waals surface area contributed by atoms with Crippen LogP contribution < -0.4 is 10.1 Å². The minimum atomic E-state index is -4.70. The standard InChI is InChI=1S/C19H17ClF3NO4/c1-2-12-5-3-4-6-16(12)27-11-18(26)28-10-17(25)24-15-8-7-13(20)9-14(15)19(21,22)23/h3-9H,2,10-11H2,1H3,(H,24,25). The van der Waals surface area contributed by atoms with E-state index in [2.05, 4.69) is 5.32 Å². The number of benzene rings is 2. The normalized spacial score (nSPS) is 11.0. The van der Waals surface area contributed by atoms with Gasteiger partial charge in [0.1, 0.15) is 5.75 Å². The molecule has 28 heavy (non-hydrogen) atoms. The van der Waals surface area contributed by atoms with E-state index in [1.165, 1.54) is 6.07 Å². The lowest BCUT2D eigenvalue weighted by atomic mass is 10.1. The second-order valence-corrected chi connectivity index (χ2v) is 6.08. The van der Waals surface area contributed by atoms with Crippen molar-refractivity contribution in [1.82, 2.24) is 0 Å². The van der Waals surface area contributed by atoms with Gasteiger partial charge in [-0.05, 0) is 36.2 Å². The van der Waals surface area contributed by atoms with E-state index < -0.39 is 42.5 Å². The molecule has 2 aromatic carbocycles. The minimum Gasteiger partial charge on any atom is -0.482 e. The molecule has 0 fully saturated rings. The largest absolute Gasteiger partial charge is 0.482 e. The van der Waals surface area contributed by atoms with Gasteiger partial charge in [0, 0.05) is 5.02 Å². The second kappa shape index (κ2) is 9.45. The van der Waals surface area contributed by atoms with Crippen molar-refractivity contribution in [2.24, 2.45) is 0 Å². The fraction of sp³-hybridized carbons (Fsp3) is 0.263. The van der Waals surface area contributed by atoms with Crippen LogP contribution >= 0.6 is 11.6 Å². The topological polar surface area (TPSA) is 64.6 Å².